The molecule has 0 unspecified atom stereocenters. The van der Waals surface area contributed by atoms with E-state index in [4.69, 9.17) is 9.47 Å². The monoisotopic (exact) mass is 321 g/mol. The van der Waals surface area contributed by atoms with E-state index in [9.17, 15) is 13.6 Å². The molecule has 0 fully saturated rings. The number of rotatable bonds is 7. The highest BCUT2D eigenvalue weighted by Crippen LogP contribution is 2.17. The lowest BCUT2D eigenvalue weighted by molar-refractivity contribution is -0.123. The first-order valence-corrected chi connectivity index (χ1v) is 7.06. The largest absolute Gasteiger partial charge is 0.497 e. The van der Waals surface area contributed by atoms with Gasteiger partial charge in [0.2, 0.25) is 0 Å². The van der Waals surface area contributed by atoms with Crippen LogP contribution in [0.1, 0.15) is 5.56 Å². The number of ether oxygens (including phenoxy) is 2. The zero-order valence-corrected chi connectivity index (χ0v) is 12.6. The van der Waals surface area contributed by atoms with E-state index in [0.717, 1.165) is 23.4 Å². The molecule has 0 heterocycles. The number of hydrogen-bond acceptors (Lipinski definition) is 3. The average Bonchev–Trinajstić information content (AvgIpc) is 2.54. The quantitative estimate of drug-likeness (QED) is 0.853. The molecule has 0 atom stereocenters. The number of halogens is 2. The molecular formula is C17H17F2NO3. The van der Waals surface area contributed by atoms with Crippen molar-refractivity contribution in [3.63, 3.8) is 0 Å². The fourth-order valence-electron chi connectivity index (χ4n) is 1.96. The van der Waals surface area contributed by atoms with Crippen LogP contribution in [-0.4, -0.2) is 26.2 Å². The normalized spacial score (nSPS) is 10.2. The minimum Gasteiger partial charge on any atom is -0.497 e. The van der Waals surface area contributed by atoms with Gasteiger partial charge in [-0.3, -0.25) is 4.79 Å². The van der Waals surface area contributed by atoms with Crippen LogP contribution in [0.5, 0.6) is 11.5 Å². The van der Waals surface area contributed by atoms with Gasteiger partial charge in [0, 0.05) is 12.6 Å². The standard InChI is InChI=1S/C17H17F2NO3/c1-22-14-4-2-3-12(9-14)7-8-20-17(21)11-23-16-6-5-13(18)10-15(16)19/h2-6,9-10H,7-8,11H2,1H3,(H,20,21). The second-order valence-electron chi connectivity index (χ2n) is 4.81. The molecule has 6 heteroatoms. The summed E-state index contributed by atoms with van der Waals surface area (Å²) in [6.07, 6.45) is 0.633. The molecule has 2 aromatic carbocycles. The highest BCUT2D eigenvalue weighted by atomic mass is 19.1. The van der Waals surface area contributed by atoms with Crippen molar-refractivity contribution in [1.29, 1.82) is 0 Å². The summed E-state index contributed by atoms with van der Waals surface area (Å²) in [5, 5.41) is 2.67. The first-order valence-electron chi connectivity index (χ1n) is 7.06. The topological polar surface area (TPSA) is 47.6 Å². The van der Waals surface area contributed by atoms with Crippen LogP contribution >= 0.6 is 0 Å². The molecule has 0 aromatic heterocycles. The summed E-state index contributed by atoms with van der Waals surface area (Å²) in [6.45, 7) is 0.0852. The zero-order valence-electron chi connectivity index (χ0n) is 12.6. The molecule has 0 aliphatic carbocycles. The minimum atomic E-state index is -0.839. The van der Waals surface area contributed by atoms with Crippen molar-refractivity contribution in [3.8, 4) is 11.5 Å². The Balaban J connectivity index is 1.74. The SMILES string of the molecule is COc1cccc(CCNC(=O)COc2ccc(F)cc2F)c1. The third kappa shape index (κ3) is 5.25. The molecular weight excluding hydrogens is 304 g/mol. The van der Waals surface area contributed by atoms with Gasteiger partial charge in [-0.2, -0.15) is 0 Å². The molecule has 0 radical (unpaired) electrons. The van der Waals surface area contributed by atoms with Gasteiger partial charge in [0.25, 0.3) is 5.91 Å². The van der Waals surface area contributed by atoms with Crippen LogP contribution in [0.4, 0.5) is 8.78 Å². The van der Waals surface area contributed by atoms with Gasteiger partial charge in [0.1, 0.15) is 11.6 Å². The van der Waals surface area contributed by atoms with Gasteiger partial charge in [-0.1, -0.05) is 12.1 Å². The summed E-state index contributed by atoms with van der Waals surface area (Å²) in [7, 11) is 1.59. The number of carbonyl (C=O) groups is 1. The summed E-state index contributed by atoms with van der Waals surface area (Å²) in [6, 6.07) is 10.4. The van der Waals surface area contributed by atoms with Crippen molar-refractivity contribution in [2.45, 2.75) is 6.42 Å². The van der Waals surface area contributed by atoms with Crippen LogP contribution < -0.4 is 14.8 Å². The second-order valence-corrected chi connectivity index (χ2v) is 4.81. The molecule has 0 saturated carbocycles. The number of hydrogen-bond donors (Lipinski definition) is 1. The summed E-state index contributed by atoms with van der Waals surface area (Å²) < 4.78 is 36.2. The van der Waals surface area contributed by atoms with E-state index in [1.165, 1.54) is 0 Å². The zero-order chi connectivity index (χ0) is 16.7. The van der Waals surface area contributed by atoms with Crippen LogP contribution in [0.3, 0.4) is 0 Å². The molecule has 0 saturated heterocycles. The van der Waals surface area contributed by atoms with E-state index in [0.29, 0.717) is 19.0 Å². The maximum atomic E-state index is 13.3. The van der Waals surface area contributed by atoms with Crippen molar-refractivity contribution in [2.24, 2.45) is 0 Å². The third-order valence-electron chi connectivity index (χ3n) is 3.12. The number of benzene rings is 2. The van der Waals surface area contributed by atoms with Crippen LogP contribution in [0.15, 0.2) is 42.5 Å². The van der Waals surface area contributed by atoms with Crippen LogP contribution in [0.2, 0.25) is 0 Å². The fourth-order valence-corrected chi connectivity index (χ4v) is 1.96. The Kier molecular flexibility index (Phi) is 5.91. The van der Waals surface area contributed by atoms with E-state index in [1.54, 1.807) is 7.11 Å². The van der Waals surface area contributed by atoms with Crippen molar-refractivity contribution in [3.05, 3.63) is 59.7 Å². The molecule has 122 valence electrons. The maximum absolute atomic E-state index is 13.3. The van der Waals surface area contributed by atoms with E-state index in [1.807, 2.05) is 24.3 Å². The van der Waals surface area contributed by atoms with Gasteiger partial charge in [-0.15, -0.1) is 0 Å². The lowest BCUT2D eigenvalue weighted by Crippen LogP contribution is -2.30. The highest BCUT2D eigenvalue weighted by molar-refractivity contribution is 5.77. The predicted molar refractivity (Wildman–Crippen MR) is 81.6 cm³/mol. The van der Waals surface area contributed by atoms with E-state index < -0.39 is 11.6 Å². The Morgan fingerprint density at radius 1 is 1.17 bits per heavy atom. The Labute approximate surface area is 133 Å². The van der Waals surface area contributed by atoms with E-state index in [2.05, 4.69) is 5.32 Å². The highest BCUT2D eigenvalue weighted by Gasteiger charge is 2.08. The van der Waals surface area contributed by atoms with Gasteiger partial charge >= 0.3 is 0 Å². The first kappa shape index (κ1) is 16.7. The van der Waals surface area contributed by atoms with Crippen molar-refractivity contribution in [1.82, 2.24) is 5.32 Å². The number of methoxy groups -OCH3 is 1. The van der Waals surface area contributed by atoms with Crippen molar-refractivity contribution < 1.29 is 23.0 Å². The fraction of sp³-hybridized carbons (Fsp3) is 0.235. The average molecular weight is 321 g/mol. The lowest BCUT2D eigenvalue weighted by Gasteiger charge is -2.09. The number of amides is 1. The maximum Gasteiger partial charge on any atom is 0.257 e. The molecule has 0 aliphatic rings. The third-order valence-corrected chi connectivity index (χ3v) is 3.12. The molecule has 1 N–H and O–H groups in total. The van der Waals surface area contributed by atoms with Crippen LogP contribution in [0.25, 0.3) is 0 Å². The summed E-state index contributed by atoms with van der Waals surface area (Å²) in [5.74, 6) is -1.32. The van der Waals surface area contributed by atoms with Gasteiger partial charge in [0.05, 0.1) is 7.11 Å². The number of nitrogens with one attached hydrogen (secondary N) is 1. The summed E-state index contributed by atoms with van der Waals surface area (Å²) in [4.78, 5) is 11.7. The van der Waals surface area contributed by atoms with Crippen LogP contribution in [0, 0.1) is 11.6 Å². The molecule has 0 aliphatic heterocycles. The van der Waals surface area contributed by atoms with Crippen molar-refractivity contribution >= 4 is 5.91 Å². The minimum absolute atomic E-state index is 0.158. The molecule has 0 spiro atoms. The molecule has 1 amide bonds. The molecule has 0 bridgehead atoms. The number of carbonyl (C=O) groups excluding carboxylic acids is 1. The van der Waals surface area contributed by atoms with Crippen molar-refractivity contribution in [2.75, 3.05) is 20.3 Å². The Morgan fingerprint density at radius 3 is 2.74 bits per heavy atom. The van der Waals surface area contributed by atoms with E-state index in [-0.39, 0.29) is 18.3 Å². The second kappa shape index (κ2) is 8.12. The predicted octanol–water partition coefficient (Wildman–Crippen LogP) is 2.71. The van der Waals surface area contributed by atoms with Gasteiger partial charge in [-0.25, -0.2) is 8.78 Å². The Hall–Kier alpha value is -2.63. The van der Waals surface area contributed by atoms with Gasteiger partial charge in [0.15, 0.2) is 18.2 Å². The molecule has 2 aromatic rings. The van der Waals surface area contributed by atoms with E-state index >= 15 is 0 Å². The lowest BCUT2D eigenvalue weighted by atomic mass is 10.1. The molecule has 23 heavy (non-hydrogen) atoms. The summed E-state index contributed by atoms with van der Waals surface area (Å²) in [5.41, 5.74) is 1.02. The van der Waals surface area contributed by atoms with Gasteiger partial charge in [-0.05, 0) is 36.2 Å². The summed E-state index contributed by atoms with van der Waals surface area (Å²) >= 11 is 0. The van der Waals surface area contributed by atoms with Crippen LogP contribution in [-0.2, 0) is 11.2 Å². The molecule has 2 rings (SSSR count). The first-order chi connectivity index (χ1) is 11.1. The van der Waals surface area contributed by atoms with Gasteiger partial charge < -0.3 is 14.8 Å². The smallest absolute Gasteiger partial charge is 0.257 e. The molecule has 4 nitrogen and oxygen atoms in total. The Morgan fingerprint density at radius 2 is 2.00 bits per heavy atom. The Bertz CT molecular complexity index is 677.